The van der Waals surface area contributed by atoms with Crippen LogP contribution in [0, 0.1) is 0 Å². The van der Waals surface area contributed by atoms with E-state index in [2.05, 4.69) is 36.3 Å². The summed E-state index contributed by atoms with van der Waals surface area (Å²) in [7, 11) is 1.67. The van der Waals surface area contributed by atoms with Gasteiger partial charge < -0.3 is 19.9 Å². The third-order valence-corrected chi connectivity index (χ3v) is 5.24. The Balaban J connectivity index is 1.82. The van der Waals surface area contributed by atoms with Gasteiger partial charge in [0.1, 0.15) is 0 Å². The Labute approximate surface area is 176 Å². The van der Waals surface area contributed by atoms with Crippen molar-refractivity contribution < 1.29 is 4.74 Å². The lowest BCUT2D eigenvalue weighted by Crippen LogP contribution is -2.37. The number of nitrogens with one attached hydrogen (secondary N) is 2. The molecule has 1 heterocycles. The molecule has 0 fully saturated rings. The van der Waals surface area contributed by atoms with E-state index in [9.17, 15) is 4.79 Å². The average Bonchev–Trinajstić information content (AvgIpc) is 2.71. The van der Waals surface area contributed by atoms with Crippen LogP contribution in [-0.4, -0.2) is 35.3 Å². The fraction of sp³-hybridized carbons (Fsp3) is 0.304. The lowest BCUT2D eigenvalue weighted by atomic mass is 10.0. The zero-order chi connectivity index (χ0) is 20.8. The van der Waals surface area contributed by atoms with Crippen LogP contribution < -0.4 is 10.9 Å². The van der Waals surface area contributed by atoms with Crippen LogP contribution in [0.4, 0.5) is 5.69 Å². The summed E-state index contributed by atoms with van der Waals surface area (Å²) in [5.41, 5.74) is 3.86. The van der Waals surface area contributed by atoms with Gasteiger partial charge in [-0.2, -0.15) is 0 Å². The Morgan fingerprint density at radius 3 is 2.59 bits per heavy atom. The van der Waals surface area contributed by atoms with Gasteiger partial charge in [0, 0.05) is 42.9 Å². The predicted octanol–water partition coefficient (Wildman–Crippen LogP) is 4.50. The third kappa shape index (κ3) is 5.43. The van der Waals surface area contributed by atoms with E-state index in [0.717, 1.165) is 22.2 Å². The number of anilines is 1. The van der Waals surface area contributed by atoms with E-state index in [1.54, 1.807) is 13.2 Å². The lowest BCUT2D eigenvalue weighted by molar-refractivity contribution is 0.175. The van der Waals surface area contributed by atoms with Crippen molar-refractivity contribution in [3.05, 3.63) is 76.1 Å². The number of rotatable bonds is 7. The number of pyridine rings is 1. The Bertz CT molecular complexity index is 1030. The molecule has 0 saturated carbocycles. The Morgan fingerprint density at radius 2 is 1.90 bits per heavy atom. The molecule has 152 valence electrons. The molecule has 0 aliphatic carbocycles. The number of para-hydroxylation sites is 1. The molecular weight excluding hydrogens is 382 g/mol. The van der Waals surface area contributed by atoms with E-state index in [1.807, 2.05) is 41.3 Å². The van der Waals surface area contributed by atoms with E-state index < -0.39 is 0 Å². The van der Waals surface area contributed by atoms with Gasteiger partial charge in [-0.3, -0.25) is 4.79 Å². The van der Waals surface area contributed by atoms with Gasteiger partial charge in [0.15, 0.2) is 5.11 Å². The first kappa shape index (κ1) is 21.0. The number of ether oxygens (including phenoxy) is 1. The number of hydrogen-bond acceptors (Lipinski definition) is 3. The summed E-state index contributed by atoms with van der Waals surface area (Å²) in [6.45, 7) is 6.02. The quantitative estimate of drug-likeness (QED) is 0.563. The van der Waals surface area contributed by atoms with Crippen LogP contribution in [0.2, 0.25) is 0 Å². The van der Waals surface area contributed by atoms with Crippen LogP contribution >= 0.6 is 12.2 Å². The number of benzene rings is 2. The maximum Gasteiger partial charge on any atom is 0.248 e. The SMILES string of the molecule is COCCN(Cc1cc(=O)[nH]c2ccccc12)C(=S)Nc1ccc(C(C)C)cc1. The molecule has 0 spiro atoms. The van der Waals surface area contributed by atoms with Gasteiger partial charge in [0.05, 0.1) is 6.61 Å². The number of nitrogens with zero attached hydrogens (tertiary/aromatic N) is 1. The van der Waals surface area contributed by atoms with E-state index >= 15 is 0 Å². The smallest absolute Gasteiger partial charge is 0.248 e. The minimum Gasteiger partial charge on any atom is -0.383 e. The number of methoxy groups -OCH3 is 1. The van der Waals surface area contributed by atoms with Gasteiger partial charge in [-0.1, -0.05) is 44.2 Å². The van der Waals surface area contributed by atoms with Crippen LogP contribution in [0.3, 0.4) is 0 Å². The maximum absolute atomic E-state index is 12.1. The Hall–Kier alpha value is -2.70. The second-order valence-electron chi connectivity index (χ2n) is 7.33. The first-order chi connectivity index (χ1) is 14.0. The number of hydrogen-bond donors (Lipinski definition) is 2. The predicted molar refractivity (Wildman–Crippen MR) is 124 cm³/mol. The average molecular weight is 410 g/mol. The van der Waals surface area contributed by atoms with Crippen molar-refractivity contribution in [3.63, 3.8) is 0 Å². The molecule has 0 radical (unpaired) electrons. The van der Waals surface area contributed by atoms with E-state index in [1.165, 1.54) is 5.56 Å². The largest absolute Gasteiger partial charge is 0.383 e. The summed E-state index contributed by atoms with van der Waals surface area (Å²) in [5, 5.41) is 4.93. The van der Waals surface area contributed by atoms with Gasteiger partial charge in [0.25, 0.3) is 0 Å². The van der Waals surface area contributed by atoms with E-state index in [4.69, 9.17) is 17.0 Å². The molecule has 0 saturated heterocycles. The van der Waals surface area contributed by atoms with E-state index in [-0.39, 0.29) is 5.56 Å². The molecular formula is C23H27N3O2S. The van der Waals surface area contributed by atoms with Crippen molar-refractivity contribution in [1.29, 1.82) is 0 Å². The molecule has 3 rings (SSSR count). The van der Waals surface area contributed by atoms with Gasteiger partial charge in [0.2, 0.25) is 5.56 Å². The molecule has 29 heavy (non-hydrogen) atoms. The normalized spacial score (nSPS) is 11.0. The molecule has 1 aromatic heterocycles. The Morgan fingerprint density at radius 1 is 1.17 bits per heavy atom. The molecule has 0 amide bonds. The van der Waals surface area contributed by atoms with Crippen molar-refractivity contribution in [1.82, 2.24) is 9.88 Å². The summed E-state index contributed by atoms with van der Waals surface area (Å²) in [6, 6.07) is 17.7. The number of aromatic nitrogens is 1. The number of aromatic amines is 1. The first-order valence-electron chi connectivity index (χ1n) is 9.73. The maximum atomic E-state index is 12.1. The minimum absolute atomic E-state index is 0.117. The summed E-state index contributed by atoms with van der Waals surface area (Å²) in [6.07, 6.45) is 0. The number of fused-ring (bicyclic) bond motifs is 1. The fourth-order valence-electron chi connectivity index (χ4n) is 3.22. The third-order valence-electron chi connectivity index (χ3n) is 4.88. The van der Waals surface area contributed by atoms with Crippen LogP contribution in [0.25, 0.3) is 10.9 Å². The molecule has 5 nitrogen and oxygen atoms in total. The Kier molecular flexibility index (Phi) is 7.01. The van der Waals surface area contributed by atoms with Crippen LogP contribution in [0.5, 0.6) is 0 Å². The highest BCUT2D eigenvalue weighted by atomic mass is 32.1. The second-order valence-corrected chi connectivity index (χ2v) is 7.71. The zero-order valence-corrected chi connectivity index (χ0v) is 17.9. The van der Waals surface area contributed by atoms with E-state index in [0.29, 0.717) is 30.7 Å². The van der Waals surface area contributed by atoms with Crippen molar-refractivity contribution in [2.24, 2.45) is 0 Å². The highest BCUT2D eigenvalue weighted by Crippen LogP contribution is 2.19. The fourth-order valence-corrected chi connectivity index (χ4v) is 3.49. The molecule has 0 aliphatic rings. The summed E-state index contributed by atoms with van der Waals surface area (Å²) in [5.74, 6) is 0.485. The second kappa shape index (κ2) is 9.67. The molecule has 3 aromatic rings. The summed E-state index contributed by atoms with van der Waals surface area (Å²) in [4.78, 5) is 17.0. The molecule has 2 N–H and O–H groups in total. The van der Waals surface area contributed by atoms with Crippen molar-refractivity contribution in [3.8, 4) is 0 Å². The minimum atomic E-state index is -0.117. The molecule has 0 atom stereocenters. The topological polar surface area (TPSA) is 57.4 Å². The molecule has 2 aromatic carbocycles. The van der Waals surface area contributed by atoms with Gasteiger partial charge in [-0.05, 0) is 47.5 Å². The standard InChI is InChI=1S/C23H27N3O2S/c1-16(2)17-8-10-19(11-9-17)24-23(29)26(12-13-28-3)15-18-14-22(27)25-21-7-5-4-6-20(18)21/h4-11,14,16H,12-13,15H2,1-3H3,(H,24,29)(H,25,27). The van der Waals surface area contributed by atoms with Crippen LogP contribution in [0.15, 0.2) is 59.4 Å². The van der Waals surface area contributed by atoms with Gasteiger partial charge in [-0.15, -0.1) is 0 Å². The molecule has 6 heteroatoms. The molecule has 0 bridgehead atoms. The number of thiocarbonyl (C=S) groups is 1. The van der Waals surface area contributed by atoms with Gasteiger partial charge in [-0.25, -0.2) is 0 Å². The van der Waals surface area contributed by atoms with Crippen molar-refractivity contribution in [2.45, 2.75) is 26.3 Å². The molecule has 0 unspecified atom stereocenters. The highest BCUT2D eigenvalue weighted by molar-refractivity contribution is 7.80. The zero-order valence-electron chi connectivity index (χ0n) is 17.1. The summed E-state index contributed by atoms with van der Waals surface area (Å²) < 4.78 is 5.27. The highest BCUT2D eigenvalue weighted by Gasteiger charge is 2.13. The monoisotopic (exact) mass is 409 g/mol. The lowest BCUT2D eigenvalue weighted by Gasteiger charge is -2.26. The first-order valence-corrected chi connectivity index (χ1v) is 10.1. The van der Waals surface area contributed by atoms with Crippen LogP contribution in [0.1, 0.15) is 30.9 Å². The van der Waals surface area contributed by atoms with Crippen molar-refractivity contribution in [2.75, 3.05) is 25.6 Å². The summed E-state index contributed by atoms with van der Waals surface area (Å²) >= 11 is 5.68. The van der Waals surface area contributed by atoms with Crippen molar-refractivity contribution >= 4 is 33.9 Å². The number of H-pyrrole nitrogens is 1. The van der Waals surface area contributed by atoms with Gasteiger partial charge >= 0.3 is 0 Å². The van der Waals surface area contributed by atoms with Crippen LogP contribution in [-0.2, 0) is 11.3 Å². The molecule has 0 aliphatic heterocycles.